The number of rotatable bonds is 6. The summed E-state index contributed by atoms with van der Waals surface area (Å²) in [7, 11) is 0. The van der Waals surface area contributed by atoms with Gasteiger partial charge in [-0.05, 0) is 18.2 Å². The highest BCUT2D eigenvalue weighted by atomic mass is 19.1. The van der Waals surface area contributed by atoms with E-state index in [4.69, 9.17) is 9.15 Å². The Hall–Kier alpha value is -3.79. The summed E-state index contributed by atoms with van der Waals surface area (Å²) in [5, 5.41) is 13.3. The standard InChI is InChI=1S/C20H18FN5O4/c21-16-12-22-20(24-18(16)26-7-9-29-10-8-26)25-23-11-13-5-6-17(30-13)14-3-1-2-4-15(14)19(27)28/h1-6,11-12H,7-10H2,(H,27,28)(H,22,24,25)/b23-11+. The predicted molar refractivity (Wildman–Crippen MR) is 107 cm³/mol. The van der Waals surface area contributed by atoms with Gasteiger partial charge in [-0.1, -0.05) is 18.2 Å². The van der Waals surface area contributed by atoms with Crippen LogP contribution in [0.25, 0.3) is 11.3 Å². The summed E-state index contributed by atoms with van der Waals surface area (Å²) in [6, 6.07) is 9.87. The first kappa shape index (κ1) is 19.5. The molecule has 0 radical (unpaired) electrons. The van der Waals surface area contributed by atoms with E-state index in [-0.39, 0.29) is 17.3 Å². The molecule has 0 unspecified atom stereocenters. The van der Waals surface area contributed by atoms with Gasteiger partial charge in [0, 0.05) is 18.7 Å². The first-order valence-corrected chi connectivity index (χ1v) is 9.18. The van der Waals surface area contributed by atoms with Crippen molar-refractivity contribution in [2.24, 2.45) is 5.10 Å². The maximum absolute atomic E-state index is 14.1. The minimum Gasteiger partial charge on any atom is -0.478 e. The minimum absolute atomic E-state index is 0.136. The van der Waals surface area contributed by atoms with E-state index in [1.807, 2.05) is 0 Å². The van der Waals surface area contributed by atoms with Crippen molar-refractivity contribution < 1.29 is 23.4 Å². The van der Waals surface area contributed by atoms with Crippen molar-refractivity contribution in [2.45, 2.75) is 0 Å². The zero-order chi connectivity index (χ0) is 20.9. The van der Waals surface area contributed by atoms with E-state index in [2.05, 4.69) is 20.5 Å². The average Bonchev–Trinajstić information content (AvgIpc) is 3.24. The van der Waals surface area contributed by atoms with Crippen LogP contribution >= 0.6 is 0 Å². The molecule has 154 valence electrons. The molecule has 2 N–H and O–H groups in total. The number of carboxylic acid groups (broad SMARTS) is 1. The third-order valence-electron chi connectivity index (χ3n) is 4.44. The van der Waals surface area contributed by atoms with E-state index in [9.17, 15) is 14.3 Å². The lowest BCUT2D eigenvalue weighted by Gasteiger charge is -2.27. The number of morpholine rings is 1. The number of aromatic nitrogens is 2. The maximum atomic E-state index is 14.1. The van der Waals surface area contributed by atoms with Crippen LogP contribution in [0.3, 0.4) is 0 Å². The lowest BCUT2D eigenvalue weighted by Crippen LogP contribution is -2.37. The number of carboxylic acids is 1. The number of hydrazone groups is 1. The summed E-state index contributed by atoms with van der Waals surface area (Å²) in [5.41, 5.74) is 3.26. The molecule has 30 heavy (non-hydrogen) atoms. The van der Waals surface area contributed by atoms with Crippen LogP contribution in [0.5, 0.6) is 0 Å². The molecule has 3 heterocycles. The van der Waals surface area contributed by atoms with Crippen LogP contribution in [-0.2, 0) is 4.74 Å². The summed E-state index contributed by atoms with van der Waals surface area (Å²) >= 11 is 0. The van der Waals surface area contributed by atoms with Gasteiger partial charge >= 0.3 is 5.97 Å². The first-order chi connectivity index (χ1) is 14.6. The van der Waals surface area contributed by atoms with Crippen molar-refractivity contribution >= 4 is 24.0 Å². The Morgan fingerprint density at radius 3 is 2.83 bits per heavy atom. The molecule has 3 aromatic rings. The number of hydrogen-bond donors (Lipinski definition) is 2. The molecule has 0 saturated carbocycles. The Morgan fingerprint density at radius 2 is 2.03 bits per heavy atom. The molecular formula is C20H18FN5O4. The van der Waals surface area contributed by atoms with Crippen molar-refractivity contribution in [3.8, 4) is 11.3 Å². The number of anilines is 2. The molecule has 10 heteroatoms. The fourth-order valence-electron chi connectivity index (χ4n) is 3.01. The van der Waals surface area contributed by atoms with E-state index in [0.29, 0.717) is 43.4 Å². The molecule has 0 bridgehead atoms. The molecular weight excluding hydrogens is 393 g/mol. The molecule has 0 atom stereocenters. The number of aromatic carboxylic acids is 1. The molecule has 4 rings (SSSR count). The zero-order valence-corrected chi connectivity index (χ0v) is 15.8. The Labute approximate surface area is 170 Å². The highest BCUT2D eigenvalue weighted by Crippen LogP contribution is 2.25. The molecule has 0 spiro atoms. The van der Waals surface area contributed by atoms with Crippen molar-refractivity contribution in [3.63, 3.8) is 0 Å². The van der Waals surface area contributed by atoms with Gasteiger partial charge in [0.1, 0.15) is 11.5 Å². The summed E-state index contributed by atoms with van der Waals surface area (Å²) in [6.07, 6.45) is 2.48. The number of nitrogens with zero attached hydrogens (tertiary/aromatic N) is 4. The number of benzene rings is 1. The number of carbonyl (C=O) groups is 1. The molecule has 2 aromatic heterocycles. The van der Waals surface area contributed by atoms with Crippen LogP contribution in [0.15, 0.2) is 52.1 Å². The second-order valence-corrected chi connectivity index (χ2v) is 6.39. The monoisotopic (exact) mass is 411 g/mol. The van der Waals surface area contributed by atoms with Crippen molar-refractivity contribution in [2.75, 3.05) is 36.6 Å². The fraction of sp³-hybridized carbons (Fsp3) is 0.200. The second-order valence-electron chi connectivity index (χ2n) is 6.39. The number of ether oxygens (including phenoxy) is 1. The average molecular weight is 411 g/mol. The maximum Gasteiger partial charge on any atom is 0.336 e. The summed E-state index contributed by atoms with van der Waals surface area (Å²) in [5.74, 6) is -0.424. The largest absolute Gasteiger partial charge is 0.478 e. The van der Waals surface area contributed by atoms with Gasteiger partial charge in [0.2, 0.25) is 5.95 Å². The van der Waals surface area contributed by atoms with E-state index in [1.54, 1.807) is 35.2 Å². The number of halogens is 1. The third-order valence-corrected chi connectivity index (χ3v) is 4.44. The van der Waals surface area contributed by atoms with Crippen LogP contribution in [0, 0.1) is 5.82 Å². The highest BCUT2D eigenvalue weighted by Gasteiger charge is 2.18. The van der Waals surface area contributed by atoms with Gasteiger partial charge in [-0.25, -0.2) is 19.6 Å². The Bertz CT molecular complexity index is 1080. The van der Waals surface area contributed by atoms with Gasteiger partial charge in [-0.3, -0.25) is 0 Å². The Balaban J connectivity index is 1.47. The number of nitrogens with one attached hydrogen (secondary N) is 1. The van der Waals surface area contributed by atoms with Gasteiger partial charge in [0.05, 0.1) is 31.2 Å². The quantitative estimate of drug-likeness (QED) is 0.470. The van der Waals surface area contributed by atoms with Gasteiger partial charge < -0.3 is 19.2 Å². The van der Waals surface area contributed by atoms with Crippen molar-refractivity contribution in [3.05, 3.63) is 59.7 Å². The highest BCUT2D eigenvalue weighted by molar-refractivity contribution is 5.95. The molecule has 1 saturated heterocycles. The molecule has 9 nitrogen and oxygen atoms in total. The number of furan rings is 1. The molecule has 0 amide bonds. The topological polar surface area (TPSA) is 113 Å². The first-order valence-electron chi connectivity index (χ1n) is 9.18. The molecule has 0 aliphatic carbocycles. The summed E-state index contributed by atoms with van der Waals surface area (Å²) in [6.45, 7) is 2.11. The van der Waals surface area contributed by atoms with Crippen molar-refractivity contribution in [1.29, 1.82) is 0 Å². The zero-order valence-electron chi connectivity index (χ0n) is 15.8. The lowest BCUT2D eigenvalue weighted by molar-refractivity contribution is 0.0697. The molecule has 1 aliphatic heterocycles. The second kappa shape index (κ2) is 8.70. The van der Waals surface area contributed by atoms with Crippen LogP contribution in [0.4, 0.5) is 16.2 Å². The third kappa shape index (κ3) is 4.28. The summed E-state index contributed by atoms with van der Waals surface area (Å²) in [4.78, 5) is 21.2. The van der Waals surface area contributed by atoms with Crippen LogP contribution in [0.2, 0.25) is 0 Å². The van der Waals surface area contributed by atoms with E-state index in [0.717, 1.165) is 6.20 Å². The predicted octanol–water partition coefficient (Wildman–Crippen LogP) is 2.86. The van der Waals surface area contributed by atoms with Gasteiger partial charge in [0.25, 0.3) is 0 Å². The van der Waals surface area contributed by atoms with Crippen LogP contribution in [-0.4, -0.2) is 53.6 Å². The summed E-state index contributed by atoms with van der Waals surface area (Å²) < 4.78 is 25.0. The van der Waals surface area contributed by atoms with Crippen LogP contribution in [0.1, 0.15) is 16.1 Å². The molecule has 1 aromatic carbocycles. The van der Waals surface area contributed by atoms with E-state index >= 15 is 0 Å². The van der Waals surface area contributed by atoms with Crippen LogP contribution < -0.4 is 10.3 Å². The van der Waals surface area contributed by atoms with E-state index < -0.39 is 11.8 Å². The van der Waals surface area contributed by atoms with Gasteiger partial charge in [-0.2, -0.15) is 10.1 Å². The Morgan fingerprint density at radius 1 is 1.23 bits per heavy atom. The smallest absolute Gasteiger partial charge is 0.336 e. The molecule has 1 fully saturated rings. The lowest BCUT2D eigenvalue weighted by atomic mass is 10.1. The minimum atomic E-state index is -1.04. The van der Waals surface area contributed by atoms with E-state index in [1.165, 1.54) is 12.3 Å². The number of hydrogen-bond acceptors (Lipinski definition) is 8. The normalized spacial score (nSPS) is 14.2. The van der Waals surface area contributed by atoms with Crippen molar-refractivity contribution in [1.82, 2.24) is 9.97 Å². The van der Waals surface area contributed by atoms with Gasteiger partial charge in [-0.15, -0.1) is 0 Å². The van der Waals surface area contributed by atoms with Gasteiger partial charge in [0.15, 0.2) is 11.6 Å². The fourth-order valence-corrected chi connectivity index (χ4v) is 3.01. The Kier molecular flexibility index (Phi) is 5.66. The SMILES string of the molecule is O=C(O)c1ccccc1-c1ccc(/C=N/Nc2ncc(F)c(N3CCOCC3)n2)o1. The molecule has 1 aliphatic rings.